The SMILES string of the molecule is CCCCC(NC(CC)COC)C(=O)O. The van der Waals surface area contributed by atoms with Gasteiger partial charge in [0, 0.05) is 13.2 Å². The van der Waals surface area contributed by atoms with Crippen LogP contribution >= 0.6 is 0 Å². The summed E-state index contributed by atoms with van der Waals surface area (Å²) in [6.45, 7) is 4.65. The summed E-state index contributed by atoms with van der Waals surface area (Å²) in [6, 6.07) is -0.307. The van der Waals surface area contributed by atoms with Gasteiger partial charge >= 0.3 is 5.97 Å². The van der Waals surface area contributed by atoms with E-state index in [1.165, 1.54) is 0 Å². The van der Waals surface area contributed by atoms with Crippen molar-refractivity contribution in [3.05, 3.63) is 0 Å². The Kier molecular flexibility index (Phi) is 8.33. The van der Waals surface area contributed by atoms with Crippen molar-refractivity contribution in [1.82, 2.24) is 5.32 Å². The zero-order valence-electron chi connectivity index (χ0n) is 9.95. The Morgan fingerprint density at radius 2 is 2.13 bits per heavy atom. The summed E-state index contributed by atoms with van der Waals surface area (Å²) in [4.78, 5) is 11.0. The van der Waals surface area contributed by atoms with Crippen LogP contribution in [0.4, 0.5) is 0 Å². The van der Waals surface area contributed by atoms with Gasteiger partial charge in [0.15, 0.2) is 0 Å². The number of hydrogen-bond donors (Lipinski definition) is 2. The van der Waals surface area contributed by atoms with E-state index in [0.717, 1.165) is 19.3 Å². The molecule has 4 heteroatoms. The standard InChI is InChI=1S/C11H23NO3/c1-4-6-7-10(11(13)14)12-9(5-2)8-15-3/h9-10,12H,4-8H2,1-3H3,(H,13,14). The van der Waals surface area contributed by atoms with Gasteiger partial charge in [-0.3, -0.25) is 10.1 Å². The lowest BCUT2D eigenvalue weighted by Crippen LogP contribution is -2.45. The Morgan fingerprint density at radius 3 is 2.53 bits per heavy atom. The lowest BCUT2D eigenvalue weighted by molar-refractivity contribution is -0.140. The summed E-state index contributed by atoms with van der Waals surface area (Å²) < 4.78 is 5.02. The fourth-order valence-corrected chi connectivity index (χ4v) is 1.46. The van der Waals surface area contributed by atoms with Crippen molar-refractivity contribution in [2.75, 3.05) is 13.7 Å². The zero-order valence-corrected chi connectivity index (χ0v) is 9.95. The molecule has 0 aromatic rings. The van der Waals surface area contributed by atoms with Crippen molar-refractivity contribution in [1.29, 1.82) is 0 Å². The van der Waals surface area contributed by atoms with Gasteiger partial charge in [0.05, 0.1) is 6.61 Å². The van der Waals surface area contributed by atoms with Crippen LogP contribution in [0.1, 0.15) is 39.5 Å². The third-order valence-electron chi connectivity index (χ3n) is 2.44. The lowest BCUT2D eigenvalue weighted by Gasteiger charge is -2.21. The molecule has 0 rings (SSSR count). The molecule has 0 spiro atoms. The van der Waals surface area contributed by atoms with Crippen LogP contribution in [0.5, 0.6) is 0 Å². The van der Waals surface area contributed by atoms with E-state index in [-0.39, 0.29) is 6.04 Å². The van der Waals surface area contributed by atoms with Gasteiger partial charge in [0.1, 0.15) is 6.04 Å². The monoisotopic (exact) mass is 217 g/mol. The van der Waals surface area contributed by atoms with E-state index in [2.05, 4.69) is 12.2 Å². The van der Waals surface area contributed by atoms with Crippen LogP contribution in [-0.2, 0) is 9.53 Å². The van der Waals surface area contributed by atoms with E-state index in [1.807, 2.05) is 6.92 Å². The first-order valence-corrected chi connectivity index (χ1v) is 5.63. The van der Waals surface area contributed by atoms with Gasteiger partial charge in [0.2, 0.25) is 0 Å². The molecule has 0 aliphatic carbocycles. The second-order valence-corrected chi connectivity index (χ2v) is 3.76. The minimum absolute atomic E-state index is 0.132. The third kappa shape index (κ3) is 6.47. The zero-order chi connectivity index (χ0) is 11.7. The van der Waals surface area contributed by atoms with Crippen molar-refractivity contribution >= 4 is 5.97 Å². The quantitative estimate of drug-likeness (QED) is 0.616. The van der Waals surface area contributed by atoms with Crippen molar-refractivity contribution in [3.63, 3.8) is 0 Å². The molecule has 0 saturated heterocycles. The van der Waals surface area contributed by atoms with Crippen LogP contribution in [0.3, 0.4) is 0 Å². The summed E-state index contributed by atoms with van der Waals surface area (Å²) in [7, 11) is 1.63. The van der Waals surface area contributed by atoms with E-state index in [4.69, 9.17) is 9.84 Å². The maximum atomic E-state index is 11.0. The Bertz CT molecular complexity index is 173. The van der Waals surface area contributed by atoms with E-state index >= 15 is 0 Å². The van der Waals surface area contributed by atoms with Crippen LogP contribution in [0.15, 0.2) is 0 Å². The molecule has 0 aliphatic rings. The molecule has 90 valence electrons. The van der Waals surface area contributed by atoms with Crippen LogP contribution in [-0.4, -0.2) is 36.9 Å². The number of carbonyl (C=O) groups is 1. The number of ether oxygens (including phenoxy) is 1. The number of aliphatic carboxylic acids is 1. The molecule has 2 atom stereocenters. The molecule has 4 nitrogen and oxygen atoms in total. The highest BCUT2D eigenvalue weighted by molar-refractivity contribution is 5.73. The van der Waals surface area contributed by atoms with E-state index in [9.17, 15) is 4.79 Å². The minimum atomic E-state index is -0.766. The molecule has 0 amide bonds. The number of nitrogens with one attached hydrogen (secondary N) is 1. The first-order valence-electron chi connectivity index (χ1n) is 5.63. The summed E-state index contributed by atoms with van der Waals surface area (Å²) in [5.74, 6) is -0.766. The highest BCUT2D eigenvalue weighted by Crippen LogP contribution is 2.03. The number of carboxylic acid groups (broad SMARTS) is 1. The number of unbranched alkanes of at least 4 members (excludes halogenated alkanes) is 1. The minimum Gasteiger partial charge on any atom is -0.480 e. The van der Waals surface area contributed by atoms with Gasteiger partial charge in [-0.2, -0.15) is 0 Å². The predicted molar refractivity (Wildman–Crippen MR) is 60.0 cm³/mol. The summed E-state index contributed by atoms with van der Waals surface area (Å²) in [5.41, 5.74) is 0. The molecular formula is C11H23NO3. The molecule has 0 saturated carbocycles. The Morgan fingerprint density at radius 1 is 1.47 bits per heavy atom. The van der Waals surface area contributed by atoms with Gasteiger partial charge in [-0.25, -0.2) is 0 Å². The number of hydrogen-bond acceptors (Lipinski definition) is 3. The molecular weight excluding hydrogens is 194 g/mol. The Balaban J connectivity index is 4.06. The number of rotatable bonds is 9. The maximum Gasteiger partial charge on any atom is 0.320 e. The van der Waals surface area contributed by atoms with Gasteiger partial charge in [-0.1, -0.05) is 26.7 Å². The highest BCUT2D eigenvalue weighted by atomic mass is 16.5. The van der Waals surface area contributed by atoms with Gasteiger partial charge in [-0.05, 0) is 12.8 Å². The van der Waals surface area contributed by atoms with Crippen molar-refractivity contribution in [3.8, 4) is 0 Å². The number of methoxy groups -OCH3 is 1. The van der Waals surface area contributed by atoms with Crippen molar-refractivity contribution < 1.29 is 14.6 Å². The molecule has 15 heavy (non-hydrogen) atoms. The largest absolute Gasteiger partial charge is 0.480 e. The average Bonchev–Trinajstić information content (AvgIpc) is 2.22. The maximum absolute atomic E-state index is 11.0. The van der Waals surface area contributed by atoms with Gasteiger partial charge in [0.25, 0.3) is 0 Å². The van der Waals surface area contributed by atoms with Crippen LogP contribution < -0.4 is 5.32 Å². The van der Waals surface area contributed by atoms with Gasteiger partial charge < -0.3 is 9.84 Å². The fraction of sp³-hybridized carbons (Fsp3) is 0.909. The second kappa shape index (κ2) is 8.68. The topological polar surface area (TPSA) is 58.6 Å². The van der Waals surface area contributed by atoms with Crippen molar-refractivity contribution in [2.24, 2.45) is 0 Å². The van der Waals surface area contributed by atoms with E-state index < -0.39 is 12.0 Å². The molecule has 2 unspecified atom stereocenters. The first-order chi connectivity index (χ1) is 7.15. The lowest BCUT2D eigenvalue weighted by atomic mass is 10.1. The molecule has 0 radical (unpaired) electrons. The third-order valence-corrected chi connectivity index (χ3v) is 2.44. The Hall–Kier alpha value is -0.610. The molecule has 0 aromatic carbocycles. The molecule has 0 aliphatic heterocycles. The molecule has 0 bridgehead atoms. The van der Waals surface area contributed by atoms with Crippen LogP contribution in [0.2, 0.25) is 0 Å². The summed E-state index contributed by atoms with van der Waals surface area (Å²) in [6.07, 6.45) is 3.52. The smallest absolute Gasteiger partial charge is 0.320 e. The first kappa shape index (κ1) is 14.4. The fourth-order valence-electron chi connectivity index (χ4n) is 1.46. The predicted octanol–water partition coefficient (Wildman–Crippen LogP) is 1.64. The van der Waals surface area contributed by atoms with Gasteiger partial charge in [-0.15, -0.1) is 0 Å². The normalized spacial score (nSPS) is 14.9. The molecule has 2 N–H and O–H groups in total. The van der Waals surface area contributed by atoms with E-state index in [0.29, 0.717) is 13.0 Å². The second-order valence-electron chi connectivity index (χ2n) is 3.76. The van der Waals surface area contributed by atoms with Crippen LogP contribution in [0, 0.1) is 0 Å². The summed E-state index contributed by atoms with van der Waals surface area (Å²) in [5, 5.41) is 12.1. The molecule has 0 aromatic heterocycles. The highest BCUT2D eigenvalue weighted by Gasteiger charge is 2.19. The number of carboxylic acids is 1. The molecule has 0 fully saturated rings. The Labute approximate surface area is 92.0 Å². The molecule has 0 heterocycles. The summed E-state index contributed by atoms with van der Waals surface area (Å²) >= 11 is 0. The van der Waals surface area contributed by atoms with Crippen molar-refractivity contribution in [2.45, 2.75) is 51.6 Å². The van der Waals surface area contributed by atoms with Crippen LogP contribution in [0.25, 0.3) is 0 Å². The van der Waals surface area contributed by atoms with E-state index in [1.54, 1.807) is 7.11 Å². The average molecular weight is 217 g/mol.